The molecular weight excluding hydrogens is 384 g/mol. The Kier molecular flexibility index (Phi) is 6.23. The quantitative estimate of drug-likeness (QED) is 0.420. The van der Waals surface area contributed by atoms with Crippen molar-refractivity contribution >= 4 is 11.3 Å². The van der Waals surface area contributed by atoms with E-state index < -0.39 is 0 Å². The normalized spacial score (nSPS) is 11.5. The third-order valence-electron chi connectivity index (χ3n) is 5.31. The molecule has 0 aliphatic rings. The number of anilines is 1. The summed E-state index contributed by atoms with van der Waals surface area (Å²) in [6, 6.07) is 22.6. The summed E-state index contributed by atoms with van der Waals surface area (Å²) in [6.45, 7) is 8.85. The fourth-order valence-electron chi connectivity index (χ4n) is 3.79. The predicted octanol–water partition coefficient (Wildman–Crippen LogP) is 5.39. The number of nitrogens with two attached hydrogens (primary N) is 1. The molecule has 5 heteroatoms. The van der Waals surface area contributed by atoms with Crippen molar-refractivity contribution in [3.05, 3.63) is 84.2 Å². The van der Waals surface area contributed by atoms with Crippen molar-refractivity contribution in [3.8, 4) is 17.0 Å². The molecule has 31 heavy (non-hydrogen) atoms. The number of pyridine rings is 1. The zero-order valence-corrected chi connectivity index (χ0v) is 18.5. The van der Waals surface area contributed by atoms with Crippen LogP contribution in [0.4, 0.5) is 5.69 Å². The van der Waals surface area contributed by atoms with Crippen molar-refractivity contribution in [2.45, 2.75) is 40.0 Å². The van der Waals surface area contributed by atoms with Crippen molar-refractivity contribution in [1.82, 2.24) is 14.3 Å². The summed E-state index contributed by atoms with van der Waals surface area (Å²) in [5.74, 6) is 0.868. The van der Waals surface area contributed by atoms with Crippen LogP contribution in [0.2, 0.25) is 0 Å². The zero-order chi connectivity index (χ0) is 21.8. The molecule has 2 N–H and O–H groups in total. The molecule has 0 unspecified atom stereocenters. The maximum atomic E-state index is 6.12. The molecule has 2 aromatic heterocycles. The molecule has 0 bridgehead atoms. The van der Waals surface area contributed by atoms with E-state index in [2.05, 4.69) is 58.7 Å². The van der Waals surface area contributed by atoms with Gasteiger partial charge in [-0.2, -0.15) is 0 Å². The van der Waals surface area contributed by atoms with E-state index in [-0.39, 0.29) is 6.10 Å². The number of rotatable bonds is 8. The Morgan fingerprint density at radius 1 is 0.968 bits per heavy atom. The largest absolute Gasteiger partial charge is 0.491 e. The van der Waals surface area contributed by atoms with Crippen LogP contribution in [0, 0.1) is 0 Å². The molecule has 0 aliphatic carbocycles. The molecule has 0 saturated heterocycles. The van der Waals surface area contributed by atoms with E-state index in [1.54, 1.807) is 0 Å². The van der Waals surface area contributed by atoms with E-state index in [4.69, 9.17) is 15.5 Å². The number of aromatic nitrogens is 2. The fraction of sp³-hybridized carbons (Fsp3) is 0.269. The van der Waals surface area contributed by atoms with E-state index >= 15 is 0 Å². The highest BCUT2D eigenvalue weighted by atomic mass is 16.5. The molecule has 4 rings (SSSR count). The van der Waals surface area contributed by atoms with Crippen LogP contribution >= 0.6 is 0 Å². The van der Waals surface area contributed by atoms with Crippen LogP contribution in [0.1, 0.15) is 32.0 Å². The Balaban J connectivity index is 1.71. The fourth-order valence-corrected chi connectivity index (χ4v) is 3.79. The Morgan fingerprint density at radius 2 is 1.71 bits per heavy atom. The molecule has 0 spiro atoms. The summed E-state index contributed by atoms with van der Waals surface area (Å²) in [6.07, 6.45) is 2.11. The van der Waals surface area contributed by atoms with Gasteiger partial charge in [-0.25, -0.2) is 4.98 Å². The average molecular weight is 415 g/mol. The minimum absolute atomic E-state index is 0.149. The molecule has 2 aromatic carbocycles. The maximum absolute atomic E-state index is 6.12. The Labute approximate surface area is 184 Å². The summed E-state index contributed by atoms with van der Waals surface area (Å²) < 4.78 is 7.93. The van der Waals surface area contributed by atoms with Gasteiger partial charge in [0.2, 0.25) is 0 Å². The second kappa shape index (κ2) is 9.23. The summed E-state index contributed by atoms with van der Waals surface area (Å²) in [5, 5.41) is 0. The number of fused-ring (bicyclic) bond motifs is 1. The number of benzene rings is 2. The van der Waals surface area contributed by atoms with Gasteiger partial charge in [0.1, 0.15) is 11.4 Å². The monoisotopic (exact) mass is 414 g/mol. The number of hydrogen-bond donors (Lipinski definition) is 1. The summed E-state index contributed by atoms with van der Waals surface area (Å²) in [4.78, 5) is 7.37. The molecule has 4 aromatic rings. The topological polar surface area (TPSA) is 55.8 Å². The molecule has 2 heterocycles. The van der Waals surface area contributed by atoms with Gasteiger partial charge in [-0.1, -0.05) is 37.3 Å². The van der Waals surface area contributed by atoms with Gasteiger partial charge in [0.25, 0.3) is 0 Å². The minimum atomic E-state index is 0.149. The smallest absolute Gasteiger partial charge is 0.137 e. The Hall–Kier alpha value is -3.31. The first-order valence-corrected chi connectivity index (χ1v) is 10.8. The zero-order valence-electron chi connectivity index (χ0n) is 18.5. The van der Waals surface area contributed by atoms with E-state index in [0.717, 1.165) is 53.7 Å². The van der Waals surface area contributed by atoms with Gasteiger partial charge >= 0.3 is 0 Å². The van der Waals surface area contributed by atoms with Crippen molar-refractivity contribution < 1.29 is 4.74 Å². The lowest BCUT2D eigenvalue weighted by Crippen LogP contribution is -2.23. The van der Waals surface area contributed by atoms with Crippen LogP contribution in [0.25, 0.3) is 16.9 Å². The molecule has 0 amide bonds. The van der Waals surface area contributed by atoms with Crippen molar-refractivity contribution in [2.75, 3.05) is 12.3 Å². The van der Waals surface area contributed by atoms with Gasteiger partial charge in [-0.05, 0) is 62.4 Å². The summed E-state index contributed by atoms with van der Waals surface area (Å²) in [7, 11) is 0. The van der Waals surface area contributed by atoms with Crippen LogP contribution in [0.5, 0.6) is 5.75 Å². The van der Waals surface area contributed by atoms with Crippen LogP contribution in [0.15, 0.2) is 72.9 Å². The predicted molar refractivity (Wildman–Crippen MR) is 127 cm³/mol. The number of hydrogen-bond acceptors (Lipinski definition) is 4. The van der Waals surface area contributed by atoms with Crippen LogP contribution in [-0.2, 0) is 13.1 Å². The minimum Gasteiger partial charge on any atom is -0.491 e. The van der Waals surface area contributed by atoms with Crippen molar-refractivity contribution in [1.29, 1.82) is 0 Å². The van der Waals surface area contributed by atoms with Gasteiger partial charge < -0.3 is 14.9 Å². The second-order valence-corrected chi connectivity index (χ2v) is 8.08. The van der Waals surface area contributed by atoms with Gasteiger partial charge in [0.05, 0.1) is 17.5 Å². The maximum Gasteiger partial charge on any atom is 0.137 e. The standard InChI is InChI=1S/C26H30N4O/c1-4-29(16-20-8-6-5-7-9-20)18-24-26(28-25-15-12-22(27)17-30(24)25)21-10-13-23(14-11-21)31-19(2)3/h5-15,17,19H,4,16,18,27H2,1-3H3. The van der Waals surface area contributed by atoms with Gasteiger partial charge in [0.15, 0.2) is 0 Å². The molecule has 0 atom stereocenters. The first kappa shape index (κ1) is 20.9. The average Bonchev–Trinajstić information content (AvgIpc) is 3.11. The third kappa shape index (κ3) is 4.89. The van der Waals surface area contributed by atoms with Crippen LogP contribution < -0.4 is 10.5 Å². The van der Waals surface area contributed by atoms with E-state index in [9.17, 15) is 0 Å². The molecular formula is C26H30N4O. The van der Waals surface area contributed by atoms with E-state index in [1.807, 2.05) is 44.3 Å². The lowest BCUT2D eigenvalue weighted by molar-refractivity contribution is 0.242. The summed E-state index contributed by atoms with van der Waals surface area (Å²) in [5.41, 5.74) is 12.2. The van der Waals surface area contributed by atoms with E-state index in [1.165, 1.54) is 5.56 Å². The molecule has 160 valence electrons. The SMILES string of the molecule is CCN(Cc1ccccc1)Cc1c(-c2ccc(OC(C)C)cc2)nc2ccc(N)cn12. The van der Waals surface area contributed by atoms with Crippen molar-refractivity contribution in [3.63, 3.8) is 0 Å². The van der Waals surface area contributed by atoms with E-state index in [0.29, 0.717) is 0 Å². The molecule has 5 nitrogen and oxygen atoms in total. The summed E-state index contributed by atoms with van der Waals surface area (Å²) >= 11 is 0. The highest BCUT2D eigenvalue weighted by molar-refractivity contribution is 5.68. The number of nitrogens with zero attached hydrogens (tertiary/aromatic N) is 3. The van der Waals surface area contributed by atoms with Gasteiger partial charge in [-0.15, -0.1) is 0 Å². The number of ether oxygens (including phenoxy) is 1. The van der Waals surface area contributed by atoms with Gasteiger partial charge in [-0.3, -0.25) is 4.90 Å². The number of imidazole rings is 1. The third-order valence-corrected chi connectivity index (χ3v) is 5.31. The lowest BCUT2D eigenvalue weighted by atomic mass is 10.1. The Bertz CT molecular complexity index is 1130. The lowest BCUT2D eigenvalue weighted by Gasteiger charge is -2.21. The number of nitrogen functional groups attached to an aromatic ring is 1. The Morgan fingerprint density at radius 3 is 2.39 bits per heavy atom. The second-order valence-electron chi connectivity index (χ2n) is 8.08. The van der Waals surface area contributed by atoms with Crippen LogP contribution in [0.3, 0.4) is 0 Å². The first-order chi connectivity index (χ1) is 15.0. The highest BCUT2D eigenvalue weighted by Gasteiger charge is 2.17. The van der Waals surface area contributed by atoms with Gasteiger partial charge in [0, 0.05) is 30.5 Å². The van der Waals surface area contributed by atoms with Crippen LogP contribution in [-0.4, -0.2) is 26.9 Å². The first-order valence-electron chi connectivity index (χ1n) is 10.8. The molecule has 0 fully saturated rings. The van der Waals surface area contributed by atoms with Crippen molar-refractivity contribution in [2.24, 2.45) is 0 Å². The highest BCUT2D eigenvalue weighted by Crippen LogP contribution is 2.28. The molecule has 0 aliphatic heterocycles. The molecule has 0 saturated carbocycles. The molecule has 0 radical (unpaired) electrons.